The summed E-state index contributed by atoms with van der Waals surface area (Å²) in [5.41, 5.74) is 0. The van der Waals surface area contributed by atoms with Crippen LogP contribution in [0.2, 0.25) is 0 Å². The van der Waals surface area contributed by atoms with E-state index in [2.05, 4.69) is 6.92 Å². The van der Waals surface area contributed by atoms with Crippen molar-refractivity contribution >= 4 is 6.16 Å². The highest BCUT2D eigenvalue weighted by Crippen LogP contribution is 2.07. The molecule has 0 aliphatic heterocycles. The largest absolute Gasteiger partial charge is 0.508 e. The summed E-state index contributed by atoms with van der Waals surface area (Å²) in [6.07, 6.45) is 8.73. The van der Waals surface area contributed by atoms with Gasteiger partial charge in [-0.2, -0.15) is 5.26 Å². The maximum Gasteiger partial charge on any atom is 0.508 e. The average Bonchev–Trinajstić information content (AvgIpc) is 2.38. The minimum atomic E-state index is -0.612. The van der Waals surface area contributed by atoms with Crippen LogP contribution in [0.15, 0.2) is 0 Å². The molecule has 0 aliphatic carbocycles. The van der Waals surface area contributed by atoms with E-state index in [1.54, 1.807) is 0 Å². The molecule has 0 aromatic carbocycles. The molecule has 0 amide bonds. The fourth-order valence-corrected chi connectivity index (χ4v) is 1.56. The number of ether oxygens (including phenoxy) is 2. The van der Waals surface area contributed by atoms with Crippen LogP contribution in [0, 0.1) is 11.3 Å². The molecule has 0 unspecified atom stereocenters. The molecule has 0 bridgehead atoms. The molecule has 0 rings (SSSR count). The van der Waals surface area contributed by atoms with E-state index < -0.39 is 6.16 Å². The van der Waals surface area contributed by atoms with Gasteiger partial charge in [0, 0.05) is 6.42 Å². The first kappa shape index (κ1) is 16.8. The third-order valence-electron chi connectivity index (χ3n) is 2.62. The van der Waals surface area contributed by atoms with Crippen molar-refractivity contribution < 1.29 is 14.3 Å². The van der Waals surface area contributed by atoms with Gasteiger partial charge in [-0.15, -0.1) is 0 Å². The number of carbonyl (C=O) groups excluding carboxylic acids is 1. The highest BCUT2D eigenvalue weighted by Gasteiger charge is 2.02. The zero-order valence-electron chi connectivity index (χ0n) is 11.5. The minimum Gasteiger partial charge on any atom is -0.434 e. The van der Waals surface area contributed by atoms with E-state index in [4.69, 9.17) is 14.7 Å². The van der Waals surface area contributed by atoms with Crippen molar-refractivity contribution in [1.82, 2.24) is 0 Å². The molecule has 0 saturated heterocycles. The standard InChI is InChI=1S/C14H25NO3/c1-2-3-4-5-6-7-9-12-17-14(16)18-13-10-8-11-15/h2-10,12-13H2,1H3. The van der Waals surface area contributed by atoms with Gasteiger partial charge in [0.15, 0.2) is 0 Å². The van der Waals surface area contributed by atoms with E-state index in [0.29, 0.717) is 19.4 Å². The van der Waals surface area contributed by atoms with Crippen molar-refractivity contribution in [2.24, 2.45) is 0 Å². The fourth-order valence-electron chi connectivity index (χ4n) is 1.56. The Labute approximate surface area is 110 Å². The van der Waals surface area contributed by atoms with Gasteiger partial charge in [-0.05, 0) is 12.8 Å². The first-order valence-electron chi connectivity index (χ1n) is 6.97. The van der Waals surface area contributed by atoms with Gasteiger partial charge in [-0.25, -0.2) is 4.79 Å². The maximum atomic E-state index is 11.1. The van der Waals surface area contributed by atoms with Crippen molar-refractivity contribution in [2.45, 2.75) is 64.7 Å². The second-order valence-electron chi connectivity index (χ2n) is 4.33. The molecule has 0 atom stereocenters. The van der Waals surface area contributed by atoms with Gasteiger partial charge in [-0.1, -0.05) is 45.4 Å². The molecule has 0 radical (unpaired) electrons. The molecule has 18 heavy (non-hydrogen) atoms. The highest BCUT2D eigenvalue weighted by atomic mass is 16.7. The van der Waals surface area contributed by atoms with Crippen LogP contribution in [0.4, 0.5) is 4.79 Å². The predicted octanol–water partition coefficient (Wildman–Crippen LogP) is 4.19. The van der Waals surface area contributed by atoms with Crippen LogP contribution in [0.1, 0.15) is 64.7 Å². The molecular weight excluding hydrogens is 230 g/mol. The lowest BCUT2D eigenvalue weighted by Gasteiger charge is -2.05. The molecule has 4 heteroatoms. The van der Waals surface area contributed by atoms with Crippen LogP contribution in [-0.4, -0.2) is 19.4 Å². The lowest BCUT2D eigenvalue weighted by molar-refractivity contribution is 0.0536. The van der Waals surface area contributed by atoms with Crippen LogP contribution in [0.25, 0.3) is 0 Å². The maximum absolute atomic E-state index is 11.1. The summed E-state index contributed by atoms with van der Waals surface area (Å²) >= 11 is 0. The molecule has 4 nitrogen and oxygen atoms in total. The van der Waals surface area contributed by atoms with Gasteiger partial charge < -0.3 is 9.47 Å². The summed E-state index contributed by atoms with van der Waals surface area (Å²) in [5, 5.41) is 8.29. The molecule has 0 fully saturated rings. The summed E-state index contributed by atoms with van der Waals surface area (Å²) in [7, 11) is 0. The van der Waals surface area contributed by atoms with Gasteiger partial charge >= 0.3 is 6.16 Å². The van der Waals surface area contributed by atoms with E-state index >= 15 is 0 Å². The topological polar surface area (TPSA) is 59.3 Å². The Balaban J connectivity index is 3.13. The summed E-state index contributed by atoms with van der Waals surface area (Å²) in [6.45, 7) is 2.91. The molecule has 0 aliphatic rings. The zero-order chi connectivity index (χ0) is 13.5. The predicted molar refractivity (Wildman–Crippen MR) is 70.1 cm³/mol. The van der Waals surface area contributed by atoms with Gasteiger partial charge in [0.25, 0.3) is 0 Å². The molecule has 0 aromatic rings. The summed E-state index contributed by atoms with van der Waals surface area (Å²) in [5.74, 6) is 0. The first-order valence-corrected chi connectivity index (χ1v) is 6.97. The van der Waals surface area contributed by atoms with Crippen LogP contribution in [0.5, 0.6) is 0 Å². The Morgan fingerprint density at radius 1 is 0.944 bits per heavy atom. The van der Waals surface area contributed by atoms with Gasteiger partial charge in [0.1, 0.15) is 0 Å². The number of nitriles is 1. The molecule has 0 N–H and O–H groups in total. The van der Waals surface area contributed by atoms with Gasteiger partial charge in [-0.3, -0.25) is 0 Å². The van der Waals surface area contributed by atoms with Gasteiger partial charge in [0.05, 0.1) is 19.3 Å². The second-order valence-corrected chi connectivity index (χ2v) is 4.33. The fraction of sp³-hybridized carbons (Fsp3) is 0.857. The quantitative estimate of drug-likeness (QED) is 0.410. The summed E-state index contributed by atoms with van der Waals surface area (Å²) in [6, 6.07) is 1.99. The highest BCUT2D eigenvalue weighted by molar-refractivity contribution is 5.59. The SMILES string of the molecule is CCCCCCCCCOC(=O)OCCCC#N. The first-order chi connectivity index (χ1) is 8.81. The van der Waals surface area contributed by atoms with Gasteiger partial charge in [0.2, 0.25) is 0 Å². The van der Waals surface area contributed by atoms with Crippen molar-refractivity contribution in [3.05, 3.63) is 0 Å². The number of rotatable bonds is 11. The van der Waals surface area contributed by atoms with Crippen molar-refractivity contribution in [3.8, 4) is 6.07 Å². The van der Waals surface area contributed by atoms with E-state index in [0.717, 1.165) is 12.8 Å². The third-order valence-corrected chi connectivity index (χ3v) is 2.62. The zero-order valence-corrected chi connectivity index (χ0v) is 11.5. The Kier molecular flexibility index (Phi) is 12.9. The van der Waals surface area contributed by atoms with Crippen LogP contribution in [0.3, 0.4) is 0 Å². The van der Waals surface area contributed by atoms with Crippen LogP contribution in [-0.2, 0) is 9.47 Å². The van der Waals surface area contributed by atoms with E-state index in [9.17, 15) is 4.79 Å². The third kappa shape index (κ3) is 12.8. The Bertz CT molecular complexity index is 236. The normalized spacial score (nSPS) is 9.78. The molecule has 0 aromatic heterocycles. The number of nitrogens with zero attached hydrogens (tertiary/aromatic N) is 1. The molecule has 0 saturated carbocycles. The van der Waals surface area contributed by atoms with Crippen LogP contribution < -0.4 is 0 Å². The number of unbranched alkanes of at least 4 members (excludes halogenated alkanes) is 7. The Hall–Kier alpha value is -1.24. The van der Waals surface area contributed by atoms with Crippen LogP contribution >= 0.6 is 0 Å². The summed E-state index contributed by atoms with van der Waals surface area (Å²) < 4.78 is 9.70. The lowest BCUT2D eigenvalue weighted by Crippen LogP contribution is -2.09. The number of hydrogen-bond donors (Lipinski definition) is 0. The Morgan fingerprint density at radius 3 is 2.11 bits per heavy atom. The van der Waals surface area contributed by atoms with Crippen molar-refractivity contribution in [1.29, 1.82) is 5.26 Å². The smallest absolute Gasteiger partial charge is 0.434 e. The Morgan fingerprint density at radius 2 is 1.50 bits per heavy atom. The average molecular weight is 255 g/mol. The number of hydrogen-bond acceptors (Lipinski definition) is 4. The van der Waals surface area contributed by atoms with E-state index in [1.165, 1.54) is 32.1 Å². The minimum absolute atomic E-state index is 0.267. The van der Waals surface area contributed by atoms with Crippen molar-refractivity contribution in [2.75, 3.05) is 13.2 Å². The molecular formula is C14H25NO3. The monoisotopic (exact) mass is 255 g/mol. The number of carbonyl (C=O) groups is 1. The van der Waals surface area contributed by atoms with E-state index in [1.807, 2.05) is 6.07 Å². The van der Waals surface area contributed by atoms with Crippen molar-refractivity contribution in [3.63, 3.8) is 0 Å². The van der Waals surface area contributed by atoms with E-state index in [-0.39, 0.29) is 6.61 Å². The molecule has 0 heterocycles. The summed E-state index contributed by atoms with van der Waals surface area (Å²) in [4.78, 5) is 11.1. The molecule has 0 spiro atoms. The molecule has 104 valence electrons. The second kappa shape index (κ2) is 13.8. The lowest BCUT2D eigenvalue weighted by atomic mass is 10.1.